The summed E-state index contributed by atoms with van der Waals surface area (Å²) in [6.07, 6.45) is 1.81. The van der Waals surface area contributed by atoms with Gasteiger partial charge in [-0.25, -0.2) is 0 Å². The van der Waals surface area contributed by atoms with Crippen molar-refractivity contribution in [2.45, 2.75) is 19.8 Å². The molecule has 1 amide bonds. The number of nitrogens with one attached hydrogen (secondary N) is 1. The van der Waals surface area contributed by atoms with Crippen LogP contribution in [-0.2, 0) is 4.79 Å². The van der Waals surface area contributed by atoms with Crippen LogP contribution in [0.4, 0.5) is 0 Å². The van der Waals surface area contributed by atoms with E-state index < -0.39 is 0 Å². The molecule has 0 saturated carbocycles. The molecule has 4 heteroatoms. The Labute approximate surface area is 92.6 Å². The monoisotopic (exact) mass is 213 g/mol. The minimum absolute atomic E-state index is 0.305. The fraction of sp³-hybridized carbons (Fsp3) is 0.909. The highest BCUT2D eigenvalue weighted by atomic mass is 16.2. The van der Waals surface area contributed by atoms with Crippen molar-refractivity contribution in [2.75, 3.05) is 46.3 Å². The molecule has 0 unspecified atom stereocenters. The zero-order chi connectivity index (χ0) is 11.1. The van der Waals surface area contributed by atoms with Crippen LogP contribution >= 0.6 is 0 Å². The Morgan fingerprint density at radius 2 is 2.00 bits per heavy atom. The topological polar surface area (TPSA) is 35.6 Å². The Morgan fingerprint density at radius 3 is 2.60 bits per heavy atom. The van der Waals surface area contributed by atoms with Crippen LogP contribution in [0, 0.1) is 0 Å². The number of nitrogens with zero attached hydrogens (tertiary/aromatic N) is 2. The second-order valence-corrected chi connectivity index (χ2v) is 4.18. The minimum Gasteiger partial charge on any atom is -0.340 e. The molecule has 1 fully saturated rings. The second-order valence-electron chi connectivity index (χ2n) is 4.18. The normalized spacial score (nSPS) is 17.1. The Hall–Kier alpha value is -0.610. The molecule has 15 heavy (non-hydrogen) atoms. The summed E-state index contributed by atoms with van der Waals surface area (Å²) >= 11 is 0. The van der Waals surface area contributed by atoms with Crippen LogP contribution in [-0.4, -0.2) is 62.0 Å². The summed E-state index contributed by atoms with van der Waals surface area (Å²) in [7, 11) is 2.08. The maximum absolute atomic E-state index is 11.8. The number of hydrogen-bond donors (Lipinski definition) is 1. The van der Waals surface area contributed by atoms with E-state index in [1.165, 1.54) is 0 Å². The third-order valence-electron chi connectivity index (χ3n) is 2.78. The Kier molecular flexibility index (Phi) is 5.65. The van der Waals surface area contributed by atoms with Gasteiger partial charge in [0, 0.05) is 39.1 Å². The molecule has 0 radical (unpaired) electrons. The highest BCUT2D eigenvalue weighted by Gasteiger charge is 2.15. The summed E-state index contributed by atoms with van der Waals surface area (Å²) < 4.78 is 0. The van der Waals surface area contributed by atoms with Gasteiger partial charge < -0.3 is 15.1 Å². The minimum atomic E-state index is 0.305. The third-order valence-corrected chi connectivity index (χ3v) is 2.78. The van der Waals surface area contributed by atoms with Gasteiger partial charge >= 0.3 is 0 Å². The van der Waals surface area contributed by atoms with E-state index in [0.717, 1.165) is 45.7 Å². The van der Waals surface area contributed by atoms with Crippen molar-refractivity contribution in [1.82, 2.24) is 15.1 Å². The molecule has 0 aromatic carbocycles. The van der Waals surface area contributed by atoms with Crippen molar-refractivity contribution in [3.8, 4) is 0 Å². The molecule has 1 saturated heterocycles. The quantitative estimate of drug-likeness (QED) is 0.706. The maximum Gasteiger partial charge on any atom is 0.223 e. The molecule has 1 aliphatic heterocycles. The van der Waals surface area contributed by atoms with Gasteiger partial charge in [-0.2, -0.15) is 0 Å². The first-order valence-corrected chi connectivity index (χ1v) is 5.91. The van der Waals surface area contributed by atoms with Crippen LogP contribution in [0.1, 0.15) is 19.8 Å². The Balaban J connectivity index is 2.16. The molecule has 0 aromatic heterocycles. The number of rotatable bonds is 5. The number of carbonyl (C=O) groups is 1. The molecule has 88 valence electrons. The van der Waals surface area contributed by atoms with Crippen LogP contribution in [0.25, 0.3) is 0 Å². The van der Waals surface area contributed by atoms with E-state index in [-0.39, 0.29) is 0 Å². The van der Waals surface area contributed by atoms with Gasteiger partial charge in [0.05, 0.1) is 0 Å². The van der Waals surface area contributed by atoms with Crippen LogP contribution in [0.2, 0.25) is 0 Å². The maximum atomic E-state index is 11.8. The average molecular weight is 213 g/mol. The molecular formula is C11H23N3O. The summed E-state index contributed by atoms with van der Waals surface area (Å²) in [6, 6.07) is 0. The summed E-state index contributed by atoms with van der Waals surface area (Å²) in [4.78, 5) is 16.0. The first-order valence-electron chi connectivity index (χ1n) is 5.91. The predicted octanol–water partition coefficient (Wildman–Crippen LogP) is 0.150. The van der Waals surface area contributed by atoms with Crippen molar-refractivity contribution in [3.05, 3.63) is 0 Å². The molecule has 4 nitrogen and oxygen atoms in total. The lowest BCUT2D eigenvalue weighted by atomic mass is 10.3. The van der Waals surface area contributed by atoms with Crippen molar-refractivity contribution in [3.63, 3.8) is 0 Å². The largest absolute Gasteiger partial charge is 0.340 e. The van der Waals surface area contributed by atoms with Gasteiger partial charge in [0.25, 0.3) is 0 Å². The lowest BCUT2D eigenvalue weighted by molar-refractivity contribution is -0.132. The first kappa shape index (κ1) is 12.5. The molecular weight excluding hydrogens is 190 g/mol. The summed E-state index contributed by atoms with van der Waals surface area (Å²) in [5.74, 6) is 0.305. The molecule has 0 aliphatic carbocycles. The van der Waals surface area contributed by atoms with E-state index in [0.29, 0.717) is 12.3 Å². The van der Waals surface area contributed by atoms with Gasteiger partial charge in [-0.1, -0.05) is 6.92 Å². The Morgan fingerprint density at radius 1 is 1.33 bits per heavy atom. The van der Waals surface area contributed by atoms with Crippen molar-refractivity contribution < 1.29 is 4.79 Å². The van der Waals surface area contributed by atoms with Gasteiger partial charge in [-0.15, -0.1) is 0 Å². The van der Waals surface area contributed by atoms with Crippen LogP contribution in [0.5, 0.6) is 0 Å². The van der Waals surface area contributed by atoms with Crippen molar-refractivity contribution >= 4 is 5.91 Å². The third kappa shape index (κ3) is 4.62. The lowest BCUT2D eigenvalue weighted by Crippen LogP contribution is -2.47. The highest BCUT2D eigenvalue weighted by molar-refractivity contribution is 5.76. The number of piperazine rings is 1. The first-order chi connectivity index (χ1) is 7.24. The fourth-order valence-corrected chi connectivity index (χ4v) is 1.85. The van der Waals surface area contributed by atoms with Crippen molar-refractivity contribution in [2.24, 2.45) is 0 Å². The van der Waals surface area contributed by atoms with E-state index in [4.69, 9.17) is 0 Å². The zero-order valence-electron chi connectivity index (χ0n) is 9.96. The van der Waals surface area contributed by atoms with Crippen LogP contribution in [0.15, 0.2) is 0 Å². The molecule has 0 aromatic rings. The van der Waals surface area contributed by atoms with E-state index in [2.05, 4.69) is 24.2 Å². The van der Waals surface area contributed by atoms with E-state index in [1.54, 1.807) is 0 Å². The van der Waals surface area contributed by atoms with Crippen LogP contribution < -0.4 is 5.32 Å². The van der Waals surface area contributed by atoms with E-state index >= 15 is 0 Å². The second kappa shape index (κ2) is 6.80. The van der Waals surface area contributed by atoms with Crippen molar-refractivity contribution in [1.29, 1.82) is 0 Å². The van der Waals surface area contributed by atoms with Gasteiger partial charge in [0.2, 0.25) is 5.91 Å². The number of amides is 1. The lowest BCUT2D eigenvalue weighted by Gasteiger charge is -2.28. The van der Waals surface area contributed by atoms with Gasteiger partial charge in [0.1, 0.15) is 0 Å². The number of hydrogen-bond acceptors (Lipinski definition) is 3. The van der Waals surface area contributed by atoms with Gasteiger partial charge in [-0.05, 0) is 20.0 Å². The molecule has 0 bridgehead atoms. The summed E-state index contributed by atoms with van der Waals surface area (Å²) in [6.45, 7) is 7.75. The molecule has 1 rings (SSSR count). The molecule has 1 N–H and O–H groups in total. The predicted molar refractivity (Wildman–Crippen MR) is 61.9 cm³/mol. The molecule has 1 heterocycles. The number of carbonyl (C=O) groups excluding carboxylic acids is 1. The molecule has 1 aliphatic rings. The molecule has 0 spiro atoms. The SMILES string of the molecule is CCCN(C)CCC(=O)N1CCNCC1. The zero-order valence-corrected chi connectivity index (χ0v) is 9.96. The van der Waals surface area contributed by atoms with E-state index in [1.807, 2.05) is 4.90 Å². The van der Waals surface area contributed by atoms with Gasteiger partial charge in [0.15, 0.2) is 0 Å². The fourth-order valence-electron chi connectivity index (χ4n) is 1.85. The summed E-state index contributed by atoms with van der Waals surface area (Å²) in [5, 5.41) is 3.25. The smallest absolute Gasteiger partial charge is 0.223 e. The standard InChI is InChI=1S/C11H23N3O/c1-3-7-13(2)8-4-11(15)14-9-5-12-6-10-14/h12H,3-10H2,1-2H3. The summed E-state index contributed by atoms with van der Waals surface area (Å²) in [5.41, 5.74) is 0. The Bertz CT molecular complexity index is 190. The van der Waals surface area contributed by atoms with Gasteiger partial charge in [-0.3, -0.25) is 4.79 Å². The molecule has 0 atom stereocenters. The average Bonchev–Trinajstić information content (AvgIpc) is 2.27. The van der Waals surface area contributed by atoms with E-state index in [9.17, 15) is 4.79 Å². The van der Waals surface area contributed by atoms with Crippen LogP contribution in [0.3, 0.4) is 0 Å². The highest BCUT2D eigenvalue weighted by Crippen LogP contribution is 1.98.